The Morgan fingerprint density at radius 1 is 1.35 bits per heavy atom. The highest BCUT2D eigenvalue weighted by molar-refractivity contribution is 6.30. The van der Waals surface area contributed by atoms with Crippen LogP contribution in [0.25, 0.3) is 0 Å². The summed E-state index contributed by atoms with van der Waals surface area (Å²) in [4.78, 5) is 0. The number of hydrogen-bond donors (Lipinski definition) is 1. The van der Waals surface area contributed by atoms with Gasteiger partial charge in [0.1, 0.15) is 11.6 Å². The molecule has 0 saturated carbocycles. The van der Waals surface area contributed by atoms with Crippen molar-refractivity contribution in [2.75, 3.05) is 6.54 Å². The van der Waals surface area contributed by atoms with Crippen LogP contribution in [0.5, 0.6) is 0 Å². The van der Waals surface area contributed by atoms with Crippen molar-refractivity contribution < 1.29 is 8.81 Å². The molecule has 1 N–H and O–H groups in total. The Morgan fingerprint density at radius 2 is 2.15 bits per heavy atom. The first-order chi connectivity index (χ1) is 9.63. The summed E-state index contributed by atoms with van der Waals surface area (Å²) >= 11 is 5.84. The fourth-order valence-electron chi connectivity index (χ4n) is 2.24. The summed E-state index contributed by atoms with van der Waals surface area (Å²) in [5, 5.41) is 3.56. The van der Waals surface area contributed by atoms with Crippen LogP contribution in [-0.2, 0) is 6.42 Å². The molecule has 1 aromatic carbocycles. The molecule has 0 radical (unpaired) electrons. The topological polar surface area (TPSA) is 25.2 Å². The first kappa shape index (κ1) is 15.1. The van der Waals surface area contributed by atoms with Gasteiger partial charge >= 0.3 is 0 Å². The number of nitrogens with one attached hydrogen (secondary N) is 1. The smallest absolute Gasteiger partial charge is 0.145 e. The number of rotatable bonds is 6. The molecule has 2 nitrogen and oxygen atoms in total. The average Bonchev–Trinajstić information content (AvgIpc) is 2.85. The SMILES string of the molecule is CCCNC(Cc1cccc(Cl)c1F)c1occc1C. The highest BCUT2D eigenvalue weighted by atomic mass is 35.5. The first-order valence-electron chi connectivity index (χ1n) is 6.83. The molecule has 1 unspecified atom stereocenters. The summed E-state index contributed by atoms with van der Waals surface area (Å²) in [5.74, 6) is 0.513. The summed E-state index contributed by atoms with van der Waals surface area (Å²) in [7, 11) is 0. The van der Waals surface area contributed by atoms with E-state index in [1.807, 2.05) is 13.0 Å². The Labute approximate surface area is 123 Å². The van der Waals surface area contributed by atoms with Gasteiger partial charge in [-0.25, -0.2) is 4.39 Å². The van der Waals surface area contributed by atoms with Crippen LogP contribution in [0.4, 0.5) is 4.39 Å². The predicted octanol–water partition coefficient (Wildman–Crippen LogP) is 4.66. The molecule has 2 rings (SSSR count). The van der Waals surface area contributed by atoms with Gasteiger partial charge in [-0.2, -0.15) is 0 Å². The number of halogens is 2. The Kier molecular flexibility index (Phi) is 5.21. The molecule has 20 heavy (non-hydrogen) atoms. The van der Waals surface area contributed by atoms with Gasteiger partial charge in [-0.3, -0.25) is 0 Å². The Morgan fingerprint density at radius 3 is 2.80 bits per heavy atom. The van der Waals surface area contributed by atoms with Crippen molar-refractivity contribution in [2.45, 2.75) is 32.7 Å². The molecular formula is C16H19ClFNO. The monoisotopic (exact) mass is 295 g/mol. The lowest BCUT2D eigenvalue weighted by molar-refractivity contribution is 0.404. The standard InChI is InChI=1S/C16H19ClFNO/c1-3-8-19-14(16-11(2)7-9-20-16)10-12-5-4-6-13(17)15(12)18/h4-7,9,14,19H,3,8,10H2,1-2H3. The molecule has 0 fully saturated rings. The number of hydrogen-bond acceptors (Lipinski definition) is 2. The van der Waals surface area contributed by atoms with Gasteiger partial charge in [0, 0.05) is 0 Å². The third-order valence-corrected chi connectivity index (χ3v) is 3.61. The van der Waals surface area contributed by atoms with E-state index in [4.69, 9.17) is 16.0 Å². The van der Waals surface area contributed by atoms with E-state index < -0.39 is 0 Å². The lowest BCUT2D eigenvalue weighted by Crippen LogP contribution is -2.24. The maximum atomic E-state index is 14.0. The predicted molar refractivity (Wildman–Crippen MR) is 79.6 cm³/mol. The minimum absolute atomic E-state index is 0.0436. The molecular weight excluding hydrogens is 277 g/mol. The lowest BCUT2D eigenvalue weighted by Gasteiger charge is -2.18. The number of benzene rings is 1. The molecule has 0 aliphatic carbocycles. The fraction of sp³-hybridized carbons (Fsp3) is 0.375. The van der Waals surface area contributed by atoms with Gasteiger partial charge in [0.25, 0.3) is 0 Å². The normalized spacial score (nSPS) is 12.6. The second kappa shape index (κ2) is 6.91. The minimum atomic E-state index is -0.346. The van der Waals surface area contributed by atoms with E-state index in [1.165, 1.54) is 0 Å². The lowest BCUT2D eigenvalue weighted by atomic mass is 10.0. The van der Waals surface area contributed by atoms with Crippen LogP contribution in [0.3, 0.4) is 0 Å². The van der Waals surface area contributed by atoms with Gasteiger partial charge in [-0.1, -0.05) is 30.7 Å². The van der Waals surface area contributed by atoms with Crippen LogP contribution >= 0.6 is 11.6 Å². The molecule has 0 bridgehead atoms. The molecule has 1 aromatic heterocycles. The zero-order valence-corrected chi connectivity index (χ0v) is 12.5. The summed E-state index contributed by atoms with van der Waals surface area (Å²) < 4.78 is 19.6. The summed E-state index contributed by atoms with van der Waals surface area (Å²) in [6, 6.07) is 6.97. The molecule has 0 aliphatic heterocycles. The average molecular weight is 296 g/mol. The van der Waals surface area contributed by atoms with Gasteiger partial charge in [-0.15, -0.1) is 0 Å². The van der Waals surface area contributed by atoms with Crippen LogP contribution in [0.15, 0.2) is 34.9 Å². The largest absolute Gasteiger partial charge is 0.467 e. The maximum Gasteiger partial charge on any atom is 0.145 e. The van der Waals surface area contributed by atoms with E-state index in [-0.39, 0.29) is 16.9 Å². The van der Waals surface area contributed by atoms with E-state index in [2.05, 4.69) is 12.2 Å². The Balaban J connectivity index is 2.24. The zero-order chi connectivity index (χ0) is 14.5. The molecule has 1 heterocycles. The van der Waals surface area contributed by atoms with Crippen molar-refractivity contribution in [1.82, 2.24) is 5.32 Å². The summed E-state index contributed by atoms with van der Waals surface area (Å²) in [5.41, 5.74) is 1.67. The molecule has 4 heteroatoms. The van der Waals surface area contributed by atoms with Crippen LogP contribution in [0.2, 0.25) is 5.02 Å². The van der Waals surface area contributed by atoms with Gasteiger partial charge in [0.05, 0.1) is 17.3 Å². The van der Waals surface area contributed by atoms with Crippen LogP contribution in [0.1, 0.15) is 36.3 Å². The van der Waals surface area contributed by atoms with E-state index in [9.17, 15) is 4.39 Å². The molecule has 2 aromatic rings. The highest BCUT2D eigenvalue weighted by Crippen LogP contribution is 2.26. The fourth-order valence-corrected chi connectivity index (χ4v) is 2.44. The van der Waals surface area contributed by atoms with E-state index in [0.29, 0.717) is 12.0 Å². The minimum Gasteiger partial charge on any atom is -0.467 e. The molecule has 0 saturated heterocycles. The van der Waals surface area contributed by atoms with Crippen LogP contribution in [0, 0.1) is 12.7 Å². The van der Waals surface area contributed by atoms with Crippen molar-refractivity contribution >= 4 is 11.6 Å². The molecule has 0 spiro atoms. The Hall–Kier alpha value is -1.32. The van der Waals surface area contributed by atoms with Crippen molar-refractivity contribution in [2.24, 2.45) is 0 Å². The van der Waals surface area contributed by atoms with E-state index in [1.54, 1.807) is 24.5 Å². The molecule has 0 amide bonds. The summed E-state index contributed by atoms with van der Waals surface area (Å²) in [6.45, 7) is 4.94. The van der Waals surface area contributed by atoms with Crippen molar-refractivity contribution in [3.05, 3.63) is 58.3 Å². The highest BCUT2D eigenvalue weighted by Gasteiger charge is 2.19. The molecule has 1 atom stereocenters. The second-order valence-electron chi connectivity index (χ2n) is 4.89. The van der Waals surface area contributed by atoms with Crippen molar-refractivity contribution in [1.29, 1.82) is 0 Å². The maximum absolute atomic E-state index is 14.0. The van der Waals surface area contributed by atoms with E-state index >= 15 is 0 Å². The zero-order valence-electron chi connectivity index (χ0n) is 11.7. The third kappa shape index (κ3) is 3.41. The van der Waals surface area contributed by atoms with Gasteiger partial charge in [0.15, 0.2) is 0 Å². The van der Waals surface area contributed by atoms with Crippen molar-refractivity contribution in [3.63, 3.8) is 0 Å². The quantitative estimate of drug-likeness (QED) is 0.838. The number of aryl methyl sites for hydroxylation is 1. The summed E-state index contributed by atoms with van der Waals surface area (Å²) in [6.07, 6.45) is 3.19. The van der Waals surface area contributed by atoms with Crippen molar-refractivity contribution in [3.8, 4) is 0 Å². The molecule has 0 aliphatic rings. The Bertz CT molecular complexity index is 567. The van der Waals surface area contributed by atoms with Gasteiger partial charge in [0.2, 0.25) is 0 Å². The van der Waals surface area contributed by atoms with E-state index in [0.717, 1.165) is 24.3 Å². The second-order valence-corrected chi connectivity index (χ2v) is 5.30. The third-order valence-electron chi connectivity index (χ3n) is 3.31. The van der Waals surface area contributed by atoms with Gasteiger partial charge < -0.3 is 9.73 Å². The van der Waals surface area contributed by atoms with Crippen LogP contribution in [-0.4, -0.2) is 6.54 Å². The number of furan rings is 1. The van der Waals surface area contributed by atoms with Gasteiger partial charge in [-0.05, 0) is 49.6 Å². The first-order valence-corrected chi connectivity index (χ1v) is 7.21. The van der Waals surface area contributed by atoms with Crippen LogP contribution < -0.4 is 5.32 Å². The molecule has 108 valence electrons.